The Morgan fingerprint density at radius 3 is 2.61 bits per heavy atom. The molecule has 0 N–H and O–H groups in total. The lowest BCUT2D eigenvalue weighted by molar-refractivity contribution is -0.131. The minimum absolute atomic E-state index is 0.259. The number of benzene rings is 1. The fourth-order valence-corrected chi connectivity index (χ4v) is 4.14. The van der Waals surface area contributed by atoms with Gasteiger partial charge in [-0.25, -0.2) is 14.6 Å². The summed E-state index contributed by atoms with van der Waals surface area (Å²) < 4.78 is 1.90. The fraction of sp³-hybridized carbons (Fsp3) is 0.500. The maximum absolute atomic E-state index is 12.4. The SMILES string of the molecule is CCCC(=O)N1CCCN(c2nc(CC(C)C)nc3c2cnn3-c2ccccc2)CC1. The Labute approximate surface area is 184 Å². The van der Waals surface area contributed by atoms with Crippen LogP contribution in [-0.2, 0) is 11.2 Å². The van der Waals surface area contributed by atoms with Crippen molar-refractivity contribution in [2.75, 3.05) is 31.1 Å². The first-order valence-corrected chi connectivity index (χ1v) is 11.4. The quantitative estimate of drug-likeness (QED) is 0.606. The Morgan fingerprint density at radius 2 is 1.87 bits per heavy atom. The van der Waals surface area contributed by atoms with Gasteiger partial charge in [0.25, 0.3) is 0 Å². The first-order chi connectivity index (χ1) is 15.1. The summed E-state index contributed by atoms with van der Waals surface area (Å²) in [6, 6.07) is 10.1. The van der Waals surface area contributed by atoms with Crippen molar-refractivity contribution in [3.05, 3.63) is 42.4 Å². The van der Waals surface area contributed by atoms with Crippen LogP contribution in [0.2, 0.25) is 0 Å². The van der Waals surface area contributed by atoms with Gasteiger partial charge in [0.15, 0.2) is 5.65 Å². The molecule has 1 saturated heterocycles. The predicted molar refractivity (Wildman–Crippen MR) is 124 cm³/mol. The summed E-state index contributed by atoms with van der Waals surface area (Å²) in [6.07, 6.45) is 5.15. The molecular formula is C24H32N6O. The fourth-order valence-electron chi connectivity index (χ4n) is 4.14. The number of carbonyl (C=O) groups excluding carboxylic acids is 1. The molecule has 1 aliphatic heterocycles. The van der Waals surface area contributed by atoms with Crippen molar-refractivity contribution >= 4 is 22.8 Å². The number of anilines is 1. The molecule has 0 aliphatic carbocycles. The largest absolute Gasteiger partial charge is 0.354 e. The molecule has 0 saturated carbocycles. The zero-order valence-corrected chi connectivity index (χ0v) is 18.8. The molecule has 1 fully saturated rings. The third-order valence-electron chi connectivity index (χ3n) is 5.66. The van der Waals surface area contributed by atoms with Crippen molar-refractivity contribution in [2.24, 2.45) is 5.92 Å². The molecule has 2 aromatic heterocycles. The van der Waals surface area contributed by atoms with Crippen molar-refractivity contribution < 1.29 is 4.79 Å². The van der Waals surface area contributed by atoms with Crippen LogP contribution in [0.4, 0.5) is 5.82 Å². The highest BCUT2D eigenvalue weighted by molar-refractivity contribution is 5.88. The zero-order chi connectivity index (χ0) is 21.8. The number of fused-ring (bicyclic) bond motifs is 1. The number of rotatable bonds is 6. The molecule has 0 radical (unpaired) electrons. The lowest BCUT2D eigenvalue weighted by atomic mass is 10.1. The number of aromatic nitrogens is 4. The van der Waals surface area contributed by atoms with E-state index in [4.69, 9.17) is 9.97 Å². The first kappa shape index (κ1) is 21.3. The monoisotopic (exact) mass is 420 g/mol. The van der Waals surface area contributed by atoms with Gasteiger partial charge in [-0.05, 0) is 30.9 Å². The highest BCUT2D eigenvalue weighted by atomic mass is 16.2. The van der Waals surface area contributed by atoms with Gasteiger partial charge in [-0.2, -0.15) is 5.10 Å². The predicted octanol–water partition coefficient (Wildman–Crippen LogP) is 3.85. The van der Waals surface area contributed by atoms with Gasteiger partial charge in [-0.3, -0.25) is 4.79 Å². The average Bonchev–Trinajstić information content (AvgIpc) is 3.02. The minimum atomic E-state index is 0.259. The standard InChI is InChI=1S/C24H32N6O/c1-4-9-22(31)28-12-8-13-29(15-14-28)23-20-17-25-30(19-10-6-5-7-11-19)24(20)27-21(26-23)16-18(2)3/h5-7,10-11,17-18H,4,8-9,12-16H2,1-3H3. The molecule has 3 aromatic rings. The number of amides is 1. The van der Waals surface area contributed by atoms with Crippen LogP contribution in [0, 0.1) is 5.92 Å². The lowest BCUT2D eigenvalue weighted by Crippen LogP contribution is -2.35. The molecule has 1 aliphatic rings. The van der Waals surface area contributed by atoms with Gasteiger partial charge >= 0.3 is 0 Å². The van der Waals surface area contributed by atoms with E-state index >= 15 is 0 Å². The molecule has 1 aromatic carbocycles. The van der Waals surface area contributed by atoms with E-state index in [2.05, 4.69) is 30.8 Å². The summed E-state index contributed by atoms with van der Waals surface area (Å²) in [5.74, 6) is 2.50. The maximum atomic E-state index is 12.4. The van der Waals surface area contributed by atoms with Gasteiger partial charge in [-0.1, -0.05) is 39.0 Å². The molecular weight excluding hydrogens is 388 g/mol. The number of nitrogens with zero attached hydrogens (tertiary/aromatic N) is 6. The second-order valence-corrected chi connectivity index (χ2v) is 8.66. The summed E-state index contributed by atoms with van der Waals surface area (Å²) in [7, 11) is 0. The Morgan fingerprint density at radius 1 is 1.06 bits per heavy atom. The van der Waals surface area contributed by atoms with E-state index in [9.17, 15) is 4.79 Å². The van der Waals surface area contributed by atoms with Crippen LogP contribution < -0.4 is 4.90 Å². The molecule has 0 spiro atoms. The van der Waals surface area contributed by atoms with Crippen LogP contribution in [0.25, 0.3) is 16.7 Å². The summed E-state index contributed by atoms with van der Waals surface area (Å²) >= 11 is 0. The van der Waals surface area contributed by atoms with Crippen molar-refractivity contribution in [1.29, 1.82) is 0 Å². The molecule has 0 bridgehead atoms. The number of hydrogen-bond acceptors (Lipinski definition) is 5. The summed E-state index contributed by atoms with van der Waals surface area (Å²) in [4.78, 5) is 26.6. The van der Waals surface area contributed by atoms with Crippen LogP contribution in [-0.4, -0.2) is 56.7 Å². The zero-order valence-electron chi connectivity index (χ0n) is 18.8. The highest BCUT2D eigenvalue weighted by Crippen LogP contribution is 2.27. The lowest BCUT2D eigenvalue weighted by Gasteiger charge is -2.24. The molecule has 7 heteroatoms. The Bertz CT molecular complexity index is 1030. The van der Waals surface area contributed by atoms with Crippen molar-refractivity contribution in [2.45, 2.75) is 46.5 Å². The van der Waals surface area contributed by atoms with Crippen molar-refractivity contribution in [3.8, 4) is 5.69 Å². The smallest absolute Gasteiger partial charge is 0.222 e. The highest BCUT2D eigenvalue weighted by Gasteiger charge is 2.23. The maximum Gasteiger partial charge on any atom is 0.222 e. The second-order valence-electron chi connectivity index (χ2n) is 8.66. The van der Waals surface area contributed by atoms with Crippen molar-refractivity contribution in [3.63, 3.8) is 0 Å². The molecule has 164 valence electrons. The van der Waals surface area contributed by atoms with Crippen LogP contribution in [0.1, 0.15) is 45.9 Å². The van der Waals surface area contributed by atoms with E-state index < -0.39 is 0 Å². The Hall–Kier alpha value is -2.96. The number of hydrogen-bond donors (Lipinski definition) is 0. The molecule has 31 heavy (non-hydrogen) atoms. The van der Waals surface area contributed by atoms with E-state index in [-0.39, 0.29) is 5.91 Å². The van der Waals surface area contributed by atoms with Gasteiger partial charge < -0.3 is 9.80 Å². The van der Waals surface area contributed by atoms with Crippen molar-refractivity contribution in [1.82, 2.24) is 24.6 Å². The summed E-state index contributed by atoms with van der Waals surface area (Å²) in [6.45, 7) is 9.62. The van der Waals surface area contributed by atoms with E-state index in [1.807, 2.05) is 46.1 Å². The van der Waals surface area contributed by atoms with Crippen LogP contribution in [0.3, 0.4) is 0 Å². The summed E-state index contributed by atoms with van der Waals surface area (Å²) in [5.41, 5.74) is 1.83. The average molecular weight is 421 g/mol. The Kier molecular flexibility index (Phi) is 6.49. The molecule has 3 heterocycles. The third kappa shape index (κ3) is 4.70. The van der Waals surface area contributed by atoms with Crippen LogP contribution >= 0.6 is 0 Å². The van der Waals surface area contributed by atoms with E-state index in [1.165, 1.54) is 0 Å². The van der Waals surface area contributed by atoms with Crippen LogP contribution in [0.5, 0.6) is 0 Å². The van der Waals surface area contributed by atoms with Gasteiger partial charge in [0, 0.05) is 39.0 Å². The van der Waals surface area contributed by atoms with Gasteiger partial charge in [0.2, 0.25) is 5.91 Å². The summed E-state index contributed by atoms with van der Waals surface area (Å²) in [5, 5.41) is 5.62. The Balaban J connectivity index is 1.71. The van der Waals surface area contributed by atoms with E-state index in [1.54, 1.807) is 0 Å². The topological polar surface area (TPSA) is 67.2 Å². The minimum Gasteiger partial charge on any atom is -0.354 e. The van der Waals surface area contributed by atoms with E-state index in [0.29, 0.717) is 12.3 Å². The van der Waals surface area contributed by atoms with Crippen LogP contribution in [0.15, 0.2) is 36.5 Å². The van der Waals surface area contributed by atoms with Gasteiger partial charge in [0.1, 0.15) is 11.6 Å². The third-order valence-corrected chi connectivity index (χ3v) is 5.66. The molecule has 7 nitrogen and oxygen atoms in total. The molecule has 0 atom stereocenters. The first-order valence-electron chi connectivity index (χ1n) is 11.4. The van der Waals surface area contributed by atoms with Gasteiger partial charge in [-0.15, -0.1) is 0 Å². The number of carbonyl (C=O) groups is 1. The molecule has 1 amide bonds. The molecule has 0 unspecified atom stereocenters. The number of para-hydroxylation sites is 1. The molecule has 4 rings (SSSR count). The van der Waals surface area contributed by atoms with E-state index in [0.717, 1.165) is 73.8 Å². The second kappa shape index (κ2) is 9.45. The normalized spacial score (nSPS) is 15.0. The van der Waals surface area contributed by atoms with Gasteiger partial charge in [0.05, 0.1) is 17.3 Å².